The number of nitrogens with one attached hydrogen (secondary N) is 1. The van der Waals surface area contributed by atoms with Crippen molar-refractivity contribution in [3.05, 3.63) is 106 Å². The predicted octanol–water partition coefficient (Wildman–Crippen LogP) is 5.47. The zero-order chi connectivity index (χ0) is 38.1. The van der Waals surface area contributed by atoms with E-state index in [0.29, 0.717) is 12.0 Å². The summed E-state index contributed by atoms with van der Waals surface area (Å²) in [5.41, 5.74) is 0.747. The number of rotatable bonds is 12. The number of amides is 3. The molecule has 5 rings (SSSR count). The topological polar surface area (TPSA) is 169 Å². The van der Waals surface area contributed by atoms with Gasteiger partial charge in [0, 0.05) is 5.56 Å². The maximum atomic E-state index is 13.6. The molecular weight excluding hydrogens is 707 g/mol. The van der Waals surface area contributed by atoms with E-state index in [1.807, 2.05) is 11.6 Å². The summed E-state index contributed by atoms with van der Waals surface area (Å²) in [6.45, 7) is 6.46. The van der Waals surface area contributed by atoms with Gasteiger partial charge in [-0.05, 0) is 62.2 Å². The molecule has 0 bridgehead atoms. The Kier molecular flexibility index (Phi) is 10.4. The van der Waals surface area contributed by atoms with Crippen LogP contribution in [0.3, 0.4) is 0 Å². The van der Waals surface area contributed by atoms with Crippen LogP contribution in [-0.4, -0.2) is 70.1 Å². The first kappa shape index (κ1) is 37.5. The molecule has 0 radical (unpaired) electrons. The number of hydrogen-bond donors (Lipinski definition) is 1. The molecule has 0 fully saturated rings. The molecule has 1 aliphatic heterocycles. The van der Waals surface area contributed by atoms with Crippen LogP contribution in [0.1, 0.15) is 59.2 Å². The number of halogens is 3. The fourth-order valence-electron chi connectivity index (χ4n) is 5.54. The maximum Gasteiger partial charge on any atom is 0.435 e. The number of carbonyl (C=O) groups excluding carboxylic acids is 3. The Bertz CT molecular complexity index is 2100. The van der Waals surface area contributed by atoms with E-state index in [9.17, 15) is 41.2 Å². The summed E-state index contributed by atoms with van der Waals surface area (Å²) in [5, 5.41) is 20.9. The zero-order valence-corrected chi connectivity index (χ0v) is 29.3. The van der Waals surface area contributed by atoms with Crippen LogP contribution in [0.2, 0.25) is 0 Å². The molecule has 3 aromatic carbocycles. The summed E-state index contributed by atoms with van der Waals surface area (Å²) >= 11 is 0. The highest BCUT2D eigenvalue weighted by molar-refractivity contribution is 7.90. The average Bonchev–Trinajstić information content (AvgIpc) is 3.67. The van der Waals surface area contributed by atoms with Gasteiger partial charge in [-0.25, -0.2) is 22.7 Å². The first-order chi connectivity index (χ1) is 24.4. The third kappa shape index (κ3) is 7.46. The molecule has 0 aliphatic carbocycles. The number of fused-ring (bicyclic) bond motifs is 1. The molecule has 52 heavy (non-hydrogen) atoms. The number of aromatic nitrogens is 2. The molecule has 3 amide bonds. The van der Waals surface area contributed by atoms with E-state index in [1.54, 1.807) is 50.2 Å². The van der Waals surface area contributed by atoms with E-state index in [-0.39, 0.29) is 27.5 Å². The molecule has 3 atom stereocenters. The van der Waals surface area contributed by atoms with Gasteiger partial charge in [0.05, 0.1) is 39.4 Å². The van der Waals surface area contributed by atoms with Crippen molar-refractivity contribution in [2.75, 3.05) is 7.05 Å². The summed E-state index contributed by atoms with van der Waals surface area (Å²) in [4.78, 5) is 44.4. The van der Waals surface area contributed by atoms with Crippen molar-refractivity contribution >= 4 is 27.7 Å². The van der Waals surface area contributed by atoms with Crippen molar-refractivity contribution in [1.29, 1.82) is 0 Å². The number of sulfonamides is 1. The number of carbonyl (C=O) groups is 3. The van der Waals surface area contributed by atoms with E-state index >= 15 is 0 Å². The highest BCUT2D eigenvalue weighted by atomic mass is 32.2. The molecule has 1 aromatic heterocycles. The Morgan fingerprint density at radius 1 is 1.02 bits per heavy atom. The van der Waals surface area contributed by atoms with Crippen molar-refractivity contribution in [2.24, 2.45) is 11.2 Å². The van der Waals surface area contributed by atoms with Crippen LogP contribution in [0.5, 0.6) is 0 Å². The molecule has 2 heterocycles. The van der Waals surface area contributed by atoms with Crippen molar-refractivity contribution < 1.29 is 45.8 Å². The largest absolute Gasteiger partial charge is 0.569 e. The van der Waals surface area contributed by atoms with Crippen LogP contribution in [0.25, 0.3) is 16.9 Å². The Morgan fingerprint density at radius 2 is 1.60 bits per heavy atom. The lowest BCUT2D eigenvalue weighted by atomic mass is 9.98. The lowest BCUT2D eigenvalue weighted by Gasteiger charge is -2.27. The van der Waals surface area contributed by atoms with Crippen LogP contribution in [0.4, 0.5) is 13.2 Å². The molecule has 1 unspecified atom stereocenters. The van der Waals surface area contributed by atoms with Crippen LogP contribution >= 0.6 is 0 Å². The third-order valence-corrected chi connectivity index (χ3v) is 9.92. The number of alkyl halides is 3. The molecule has 274 valence electrons. The number of aryl methyl sites for hydroxylation is 1. The molecule has 1 aliphatic rings. The Labute approximate surface area is 296 Å². The van der Waals surface area contributed by atoms with Gasteiger partial charge in [0.1, 0.15) is 0 Å². The number of benzene rings is 3. The van der Waals surface area contributed by atoms with E-state index < -0.39 is 62.7 Å². The van der Waals surface area contributed by atoms with Crippen LogP contribution in [0, 0.1) is 18.0 Å². The van der Waals surface area contributed by atoms with Gasteiger partial charge in [-0.3, -0.25) is 14.4 Å². The van der Waals surface area contributed by atoms with E-state index in [1.165, 1.54) is 38.2 Å². The minimum atomic E-state index is -4.74. The Morgan fingerprint density at radius 3 is 2.13 bits per heavy atom. The average molecular weight is 742 g/mol. The summed E-state index contributed by atoms with van der Waals surface area (Å²) in [6, 6.07) is 17.0. The first-order valence-corrected chi connectivity index (χ1v) is 17.4. The quantitative estimate of drug-likeness (QED) is 0.0857. The van der Waals surface area contributed by atoms with Crippen molar-refractivity contribution in [3.63, 3.8) is 0 Å². The molecule has 0 saturated carbocycles. The number of nitrogens with zero attached hydrogens (tertiary/aromatic N) is 6. The summed E-state index contributed by atoms with van der Waals surface area (Å²) in [6.07, 6.45) is -5.73. The van der Waals surface area contributed by atoms with E-state index in [4.69, 9.17) is 4.84 Å². The van der Waals surface area contributed by atoms with Gasteiger partial charge in [0.15, 0.2) is 11.7 Å². The van der Waals surface area contributed by atoms with Crippen molar-refractivity contribution in [3.8, 4) is 16.9 Å². The molecule has 18 heteroatoms. The lowest BCUT2D eigenvalue weighted by Crippen LogP contribution is -2.52. The Hall–Kier alpha value is -5.78. The molecule has 14 nitrogen and oxygen atoms in total. The molecule has 0 saturated heterocycles. The minimum absolute atomic E-state index is 0.0998. The number of likely N-dealkylation sites (N-methyl/N-ethyl adjacent to an activating group) is 1. The van der Waals surface area contributed by atoms with Gasteiger partial charge < -0.3 is 10.0 Å². The number of hydrogen-bond acceptors (Lipinski definition) is 9. The summed E-state index contributed by atoms with van der Waals surface area (Å²) in [5.74, 6) is -2.99. The Balaban J connectivity index is 1.33. The van der Waals surface area contributed by atoms with Crippen LogP contribution in [-0.2, 0) is 25.8 Å². The SMILES string of the molecule is CC[C@@H](C)[C@@H](C(=O)NS(=O)(=O)c1ccc(-n2nc(C(F)(F)F)cc2-c2ccc(C)cc2)cc1)N(C)/[N+]([O-])=N\OC(C)N1C(=O)c2ccccc2C1=O. The normalized spacial score (nSPS) is 15.2. The fraction of sp³-hybridized carbons (Fsp3) is 0.294. The van der Waals surface area contributed by atoms with Crippen LogP contribution in [0.15, 0.2) is 89.0 Å². The van der Waals surface area contributed by atoms with Gasteiger partial charge in [-0.1, -0.05) is 62.2 Å². The second-order valence-corrected chi connectivity index (χ2v) is 13.8. The van der Waals surface area contributed by atoms with Crippen LogP contribution < -0.4 is 4.72 Å². The summed E-state index contributed by atoms with van der Waals surface area (Å²) < 4.78 is 70.6. The first-order valence-electron chi connectivity index (χ1n) is 15.9. The smallest absolute Gasteiger partial charge is 0.435 e. The van der Waals surface area contributed by atoms with Crippen molar-refractivity contribution in [1.82, 2.24) is 24.4 Å². The summed E-state index contributed by atoms with van der Waals surface area (Å²) in [7, 11) is -3.39. The second kappa shape index (κ2) is 14.5. The van der Waals surface area contributed by atoms with Gasteiger partial charge in [0.2, 0.25) is 11.5 Å². The van der Waals surface area contributed by atoms with Crippen molar-refractivity contribution in [2.45, 2.75) is 57.5 Å². The van der Waals surface area contributed by atoms with E-state index in [0.717, 1.165) is 38.4 Å². The van der Waals surface area contributed by atoms with Gasteiger partial charge in [-0.2, -0.15) is 18.3 Å². The molecule has 4 aromatic rings. The van der Waals surface area contributed by atoms with Gasteiger partial charge in [0.25, 0.3) is 27.7 Å². The number of imide groups is 1. The van der Waals surface area contributed by atoms with Gasteiger partial charge >= 0.3 is 6.18 Å². The molecule has 1 N–H and O–H groups in total. The standard InChI is InChI=1S/C34H34F3N7O7S/c1-6-21(3)30(41(5)44(48)40-51-22(4)42-32(46)26-9-7-8-10-27(26)33(42)47)31(45)39-52(49,50)25-17-15-24(16-18-25)43-28(19-29(38-43)34(35,36)37)23-13-11-20(2)12-14-23/h7-19,21-22,30H,6H2,1-5H3,(H,39,45)/b44-40+/t21-,22?,30+/m1/s1. The maximum absolute atomic E-state index is 13.6. The fourth-order valence-corrected chi connectivity index (χ4v) is 6.54. The molecular formula is C34H34F3N7O7S. The van der Waals surface area contributed by atoms with E-state index in [2.05, 4.69) is 10.4 Å². The van der Waals surface area contributed by atoms with Gasteiger partial charge in [-0.15, -0.1) is 5.01 Å². The predicted molar refractivity (Wildman–Crippen MR) is 179 cm³/mol. The third-order valence-electron chi connectivity index (χ3n) is 8.56. The monoisotopic (exact) mass is 741 g/mol. The highest BCUT2D eigenvalue weighted by Crippen LogP contribution is 2.33. The second-order valence-electron chi connectivity index (χ2n) is 12.1. The zero-order valence-electron chi connectivity index (χ0n) is 28.5. The highest BCUT2D eigenvalue weighted by Gasteiger charge is 2.41. The molecule has 0 spiro atoms. The minimum Gasteiger partial charge on any atom is -0.569 e. The number of hydrazine groups is 1. The lowest BCUT2D eigenvalue weighted by molar-refractivity contribution is -0.712.